The van der Waals surface area contributed by atoms with Gasteiger partial charge in [-0.25, -0.2) is 4.79 Å². The lowest BCUT2D eigenvalue weighted by Crippen LogP contribution is -2.47. The smallest absolute Gasteiger partial charge is 0.338 e. The van der Waals surface area contributed by atoms with E-state index in [1.165, 1.54) is 5.57 Å². The van der Waals surface area contributed by atoms with Gasteiger partial charge in [-0.1, -0.05) is 37.3 Å². The Balaban J connectivity index is 1.78. The van der Waals surface area contributed by atoms with E-state index in [1.807, 2.05) is 18.2 Å². The molecule has 3 atom stereocenters. The lowest BCUT2D eigenvalue weighted by molar-refractivity contribution is -0.183. The van der Waals surface area contributed by atoms with Crippen molar-refractivity contribution in [2.24, 2.45) is 11.3 Å². The topological polar surface area (TPSA) is 35.5 Å². The van der Waals surface area contributed by atoms with Crippen molar-refractivity contribution in [1.82, 2.24) is 0 Å². The van der Waals surface area contributed by atoms with Crippen molar-refractivity contribution in [2.45, 2.75) is 58.2 Å². The minimum absolute atomic E-state index is 0.0485. The van der Waals surface area contributed by atoms with E-state index in [4.69, 9.17) is 9.47 Å². The first-order valence-electron chi connectivity index (χ1n) is 8.74. The molecular formula is C21H28O3. The molecule has 2 fully saturated rings. The first-order valence-corrected chi connectivity index (χ1v) is 8.74. The van der Waals surface area contributed by atoms with Crippen LogP contribution in [-0.4, -0.2) is 23.8 Å². The largest absolute Gasteiger partial charge is 0.459 e. The van der Waals surface area contributed by atoms with E-state index in [1.54, 1.807) is 12.1 Å². The molecular weight excluding hydrogens is 300 g/mol. The van der Waals surface area contributed by atoms with Gasteiger partial charge in [0.05, 0.1) is 11.2 Å². The van der Waals surface area contributed by atoms with Crippen molar-refractivity contribution in [3.63, 3.8) is 0 Å². The number of fused-ring (bicyclic) bond motifs is 2. The first kappa shape index (κ1) is 17.2. The van der Waals surface area contributed by atoms with Crippen LogP contribution in [-0.2, 0) is 9.47 Å². The summed E-state index contributed by atoms with van der Waals surface area (Å²) in [5, 5.41) is 0. The molecule has 2 bridgehead atoms. The first-order chi connectivity index (χ1) is 11.2. The van der Waals surface area contributed by atoms with Gasteiger partial charge in [-0.15, -0.1) is 0 Å². The fourth-order valence-corrected chi connectivity index (χ4v) is 4.65. The Hall–Kier alpha value is -1.61. The van der Waals surface area contributed by atoms with Gasteiger partial charge in [-0.2, -0.15) is 0 Å². The van der Waals surface area contributed by atoms with Crippen LogP contribution < -0.4 is 0 Å². The van der Waals surface area contributed by atoms with Crippen LogP contribution in [0.3, 0.4) is 0 Å². The number of carbonyl (C=O) groups is 1. The van der Waals surface area contributed by atoms with Crippen molar-refractivity contribution < 1.29 is 14.3 Å². The SMILES string of the molecule is C=C(C)C1(C)CC2(COC(=O)c3ccccc3)CC1CC(C)(C)O2. The Kier molecular flexibility index (Phi) is 4.11. The molecule has 0 amide bonds. The van der Waals surface area contributed by atoms with Gasteiger partial charge in [0.25, 0.3) is 0 Å². The third-order valence-corrected chi connectivity index (χ3v) is 5.89. The van der Waals surface area contributed by atoms with Crippen LogP contribution in [0.4, 0.5) is 0 Å². The molecule has 3 heteroatoms. The van der Waals surface area contributed by atoms with Gasteiger partial charge in [0.15, 0.2) is 0 Å². The Morgan fingerprint density at radius 3 is 2.54 bits per heavy atom. The maximum atomic E-state index is 12.3. The normalized spacial score (nSPS) is 33.9. The maximum Gasteiger partial charge on any atom is 0.338 e. The second kappa shape index (κ2) is 5.73. The molecule has 0 aromatic heterocycles. The van der Waals surface area contributed by atoms with Crippen molar-refractivity contribution in [3.05, 3.63) is 48.0 Å². The highest BCUT2D eigenvalue weighted by Gasteiger charge is 2.59. The average molecular weight is 328 g/mol. The number of ether oxygens (including phenoxy) is 2. The summed E-state index contributed by atoms with van der Waals surface area (Å²) in [6.45, 7) is 13.2. The maximum absolute atomic E-state index is 12.3. The standard InChI is InChI=1S/C21H28O3/c1-15(2)20(5)13-21(12-17(20)11-19(3,4)24-21)14-23-18(22)16-9-7-6-8-10-16/h6-10,17H,1,11-14H2,2-5H3. The van der Waals surface area contributed by atoms with E-state index >= 15 is 0 Å². The second-order valence-corrected chi connectivity index (χ2v) is 8.47. The van der Waals surface area contributed by atoms with Crippen LogP contribution in [0.2, 0.25) is 0 Å². The number of carbonyl (C=O) groups excluding carboxylic acids is 1. The summed E-state index contributed by atoms with van der Waals surface area (Å²) in [5.74, 6) is 0.242. The third-order valence-electron chi connectivity index (χ3n) is 5.89. The zero-order valence-electron chi connectivity index (χ0n) is 15.2. The average Bonchev–Trinajstić information content (AvgIpc) is 2.73. The number of hydrogen-bond donors (Lipinski definition) is 0. The number of allylic oxidation sites excluding steroid dienone is 1. The highest BCUT2D eigenvalue weighted by molar-refractivity contribution is 5.89. The van der Waals surface area contributed by atoms with Crippen molar-refractivity contribution >= 4 is 5.97 Å². The molecule has 3 nitrogen and oxygen atoms in total. The highest BCUT2D eigenvalue weighted by atomic mass is 16.6. The van der Waals surface area contributed by atoms with E-state index in [0.717, 1.165) is 19.3 Å². The Morgan fingerprint density at radius 2 is 1.92 bits per heavy atom. The molecule has 1 aromatic rings. The minimum atomic E-state index is -0.398. The fraction of sp³-hybridized carbons (Fsp3) is 0.571. The van der Waals surface area contributed by atoms with E-state index < -0.39 is 5.60 Å². The van der Waals surface area contributed by atoms with Crippen LogP contribution in [0.25, 0.3) is 0 Å². The molecule has 1 aromatic carbocycles. The Labute approximate surface area is 145 Å². The Bertz CT molecular complexity index is 648. The van der Waals surface area contributed by atoms with Gasteiger partial charge in [0.2, 0.25) is 0 Å². The zero-order chi connectivity index (χ0) is 17.6. The predicted octanol–water partition coefficient (Wildman–Crippen LogP) is 4.77. The minimum Gasteiger partial charge on any atom is -0.459 e. The zero-order valence-corrected chi connectivity index (χ0v) is 15.2. The van der Waals surface area contributed by atoms with Crippen molar-refractivity contribution in [2.75, 3.05) is 6.61 Å². The molecule has 1 aliphatic heterocycles. The molecule has 1 aliphatic carbocycles. The number of benzene rings is 1. The van der Waals surface area contributed by atoms with E-state index in [9.17, 15) is 4.79 Å². The molecule has 24 heavy (non-hydrogen) atoms. The van der Waals surface area contributed by atoms with Gasteiger partial charge >= 0.3 is 5.97 Å². The molecule has 3 rings (SSSR count). The van der Waals surface area contributed by atoms with Crippen molar-refractivity contribution in [1.29, 1.82) is 0 Å². The summed E-state index contributed by atoms with van der Waals surface area (Å²) in [5.41, 5.74) is 1.23. The summed E-state index contributed by atoms with van der Waals surface area (Å²) < 4.78 is 12.1. The quantitative estimate of drug-likeness (QED) is 0.590. The summed E-state index contributed by atoms with van der Waals surface area (Å²) in [6.07, 6.45) is 2.82. The van der Waals surface area contributed by atoms with Crippen LogP contribution in [0.5, 0.6) is 0 Å². The predicted molar refractivity (Wildman–Crippen MR) is 94.9 cm³/mol. The van der Waals surface area contributed by atoms with Crippen LogP contribution >= 0.6 is 0 Å². The van der Waals surface area contributed by atoms with E-state index in [2.05, 4.69) is 34.3 Å². The van der Waals surface area contributed by atoms with E-state index in [-0.39, 0.29) is 17.0 Å². The molecule has 0 radical (unpaired) electrons. The molecule has 3 unspecified atom stereocenters. The fourth-order valence-electron chi connectivity index (χ4n) is 4.65. The lowest BCUT2D eigenvalue weighted by atomic mass is 9.71. The highest BCUT2D eigenvalue weighted by Crippen LogP contribution is 2.60. The number of esters is 1. The number of hydrogen-bond acceptors (Lipinski definition) is 3. The molecule has 1 saturated carbocycles. The summed E-state index contributed by atoms with van der Waals surface area (Å²) in [4.78, 5) is 12.3. The van der Waals surface area contributed by atoms with Gasteiger partial charge in [0.1, 0.15) is 12.2 Å². The molecule has 130 valence electrons. The van der Waals surface area contributed by atoms with Gasteiger partial charge in [-0.05, 0) is 63.5 Å². The molecule has 1 heterocycles. The second-order valence-electron chi connectivity index (χ2n) is 8.47. The molecule has 1 saturated heterocycles. The van der Waals surface area contributed by atoms with Gasteiger partial charge in [0, 0.05) is 0 Å². The molecule has 0 N–H and O–H groups in total. The van der Waals surface area contributed by atoms with Gasteiger partial charge in [-0.3, -0.25) is 0 Å². The summed E-state index contributed by atoms with van der Waals surface area (Å²) in [7, 11) is 0. The van der Waals surface area contributed by atoms with Crippen LogP contribution in [0.15, 0.2) is 42.5 Å². The summed E-state index contributed by atoms with van der Waals surface area (Å²) in [6, 6.07) is 9.14. The third kappa shape index (κ3) is 3.02. The monoisotopic (exact) mass is 328 g/mol. The van der Waals surface area contributed by atoms with Crippen LogP contribution in [0, 0.1) is 11.3 Å². The van der Waals surface area contributed by atoms with Crippen LogP contribution in [0.1, 0.15) is 57.3 Å². The van der Waals surface area contributed by atoms with Gasteiger partial charge < -0.3 is 9.47 Å². The van der Waals surface area contributed by atoms with E-state index in [0.29, 0.717) is 18.1 Å². The van der Waals surface area contributed by atoms with Crippen molar-refractivity contribution in [3.8, 4) is 0 Å². The molecule has 2 aliphatic rings. The Morgan fingerprint density at radius 1 is 1.25 bits per heavy atom. The number of rotatable bonds is 4. The summed E-state index contributed by atoms with van der Waals surface area (Å²) >= 11 is 0. The lowest BCUT2D eigenvalue weighted by Gasteiger charge is -2.43. The molecule has 0 spiro atoms.